The number of pyridine rings is 1. The third-order valence-corrected chi connectivity index (χ3v) is 3.67. The van der Waals surface area contributed by atoms with Gasteiger partial charge >= 0.3 is 0 Å². The zero-order valence-corrected chi connectivity index (χ0v) is 13.8. The van der Waals surface area contributed by atoms with Crippen LogP contribution in [0, 0.1) is 0 Å². The van der Waals surface area contributed by atoms with Gasteiger partial charge in [-0.1, -0.05) is 19.1 Å². The second kappa shape index (κ2) is 8.21. The van der Waals surface area contributed by atoms with E-state index in [4.69, 9.17) is 10.5 Å². The van der Waals surface area contributed by atoms with Gasteiger partial charge in [-0.15, -0.1) is 0 Å². The van der Waals surface area contributed by atoms with Gasteiger partial charge < -0.3 is 15.8 Å². The van der Waals surface area contributed by atoms with Crippen LogP contribution in [0.4, 0.5) is 0 Å². The van der Waals surface area contributed by atoms with Crippen molar-refractivity contribution in [2.45, 2.75) is 19.4 Å². The third kappa shape index (κ3) is 4.17. The Morgan fingerprint density at radius 2 is 2.08 bits per heavy atom. The number of amides is 2. The van der Waals surface area contributed by atoms with Gasteiger partial charge in [0.05, 0.1) is 23.9 Å². The van der Waals surface area contributed by atoms with Crippen LogP contribution >= 0.6 is 0 Å². The minimum absolute atomic E-state index is 0.0535. The molecule has 1 aromatic carbocycles. The molecule has 0 aliphatic carbocycles. The van der Waals surface area contributed by atoms with Crippen molar-refractivity contribution in [2.75, 3.05) is 13.7 Å². The summed E-state index contributed by atoms with van der Waals surface area (Å²) in [5.74, 6) is -0.753. The minimum Gasteiger partial charge on any atom is -0.383 e. The topological polar surface area (TPSA) is 94.3 Å². The first-order valence-electron chi connectivity index (χ1n) is 7.71. The average molecular weight is 327 g/mol. The molecule has 24 heavy (non-hydrogen) atoms. The number of nitrogens with zero attached hydrogens (tertiary/aromatic N) is 1. The number of benzene rings is 1. The van der Waals surface area contributed by atoms with Crippen molar-refractivity contribution in [3.8, 4) is 11.3 Å². The first-order valence-corrected chi connectivity index (χ1v) is 7.71. The Labute approximate surface area is 141 Å². The van der Waals surface area contributed by atoms with Crippen LogP contribution in [0.5, 0.6) is 0 Å². The SMILES string of the molecule is CC[C@@H](COC)NC(=O)c1cccc(-c2ncccc2C(N)=O)c1. The van der Waals surface area contributed by atoms with Gasteiger partial charge in [-0.25, -0.2) is 0 Å². The van der Waals surface area contributed by atoms with Crippen molar-refractivity contribution in [3.63, 3.8) is 0 Å². The van der Waals surface area contributed by atoms with Crippen molar-refractivity contribution in [1.82, 2.24) is 10.3 Å². The monoisotopic (exact) mass is 327 g/mol. The van der Waals surface area contributed by atoms with Gasteiger partial charge in [-0.2, -0.15) is 0 Å². The molecule has 6 heteroatoms. The highest BCUT2D eigenvalue weighted by molar-refractivity contribution is 6.00. The van der Waals surface area contributed by atoms with E-state index < -0.39 is 5.91 Å². The standard InChI is InChI=1S/C18H21N3O3/c1-3-14(11-24-2)21-18(23)13-7-4-6-12(10-13)16-15(17(19)22)8-5-9-20-16/h4-10,14H,3,11H2,1-2H3,(H2,19,22)(H,21,23)/t14-/m0/s1. The number of aromatic nitrogens is 1. The number of nitrogens with two attached hydrogens (primary N) is 1. The van der Waals surface area contributed by atoms with Crippen LogP contribution < -0.4 is 11.1 Å². The molecule has 1 heterocycles. The average Bonchev–Trinajstić information content (AvgIpc) is 2.61. The Hall–Kier alpha value is -2.73. The van der Waals surface area contributed by atoms with Gasteiger partial charge in [-0.05, 0) is 30.7 Å². The van der Waals surface area contributed by atoms with E-state index in [0.717, 1.165) is 6.42 Å². The highest BCUT2D eigenvalue weighted by atomic mass is 16.5. The fourth-order valence-electron chi connectivity index (χ4n) is 2.37. The zero-order chi connectivity index (χ0) is 17.5. The first kappa shape index (κ1) is 17.6. The molecule has 2 rings (SSSR count). The van der Waals surface area contributed by atoms with E-state index in [1.807, 2.05) is 6.92 Å². The number of carbonyl (C=O) groups excluding carboxylic acids is 2. The summed E-state index contributed by atoms with van der Waals surface area (Å²) in [5.41, 5.74) is 7.33. The normalized spacial score (nSPS) is 11.8. The summed E-state index contributed by atoms with van der Waals surface area (Å²) in [7, 11) is 1.60. The maximum Gasteiger partial charge on any atom is 0.251 e. The summed E-state index contributed by atoms with van der Waals surface area (Å²) in [6.45, 7) is 2.43. The molecule has 0 saturated heterocycles. The molecule has 3 N–H and O–H groups in total. The number of ether oxygens (including phenoxy) is 1. The molecule has 0 fully saturated rings. The van der Waals surface area contributed by atoms with Gasteiger partial charge in [-0.3, -0.25) is 14.6 Å². The van der Waals surface area contributed by atoms with Crippen molar-refractivity contribution in [3.05, 3.63) is 53.7 Å². The molecule has 2 aromatic rings. The van der Waals surface area contributed by atoms with Crippen LogP contribution in [0.25, 0.3) is 11.3 Å². The molecule has 0 spiro atoms. The Kier molecular flexibility index (Phi) is 6.03. The molecule has 0 saturated carbocycles. The summed E-state index contributed by atoms with van der Waals surface area (Å²) in [6, 6.07) is 10.2. The third-order valence-electron chi connectivity index (χ3n) is 3.67. The second-order valence-corrected chi connectivity index (χ2v) is 5.38. The van der Waals surface area contributed by atoms with Gasteiger partial charge in [0.15, 0.2) is 0 Å². The maximum atomic E-state index is 12.4. The van der Waals surface area contributed by atoms with E-state index in [9.17, 15) is 9.59 Å². The van der Waals surface area contributed by atoms with Crippen molar-refractivity contribution < 1.29 is 14.3 Å². The Morgan fingerprint density at radius 3 is 2.75 bits per heavy atom. The van der Waals surface area contributed by atoms with E-state index >= 15 is 0 Å². The molecule has 126 valence electrons. The lowest BCUT2D eigenvalue weighted by Crippen LogP contribution is -2.37. The molecule has 0 aliphatic heterocycles. The number of rotatable bonds is 7. The molecule has 2 amide bonds. The molecular weight excluding hydrogens is 306 g/mol. The highest BCUT2D eigenvalue weighted by Gasteiger charge is 2.15. The molecule has 1 aromatic heterocycles. The van der Waals surface area contributed by atoms with E-state index in [2.05, 4.69) is 10.3 Å². The lowest BCUT2D eigenvalue weighted by molar-refractivity contribution is 0.0894. The van der Waals surface area contributed by atoms with Crippen molar-refractivity contribution in [1.29, 1.82) is 0 Å². The quantitative estimate of drug-likeness (QED) is 0.813. The van der Waals surface area contributed by atoms with E-state index in [-0.39, 0.29) is 11.9 Å². The molecule has 1 atom stereocenters. The summed E-state index contributed by atoms with van der Waals surface area (Å²) in [6.07, 6.45) is 2.35. The maximum absolute atomic E-state index is 12.4. The Balaban J connectivity index is 2.29. The molecule has 0 bridgehead atoms. The van der Waals surface area contributed by atoms with Crippen LogP contribution in [-0.2, 0) is 4.74 Å². The lowest BCUT2D eigenvalue weighted by Gasteiger charge is -2.16. The number of methoxy groups -OCH3 is 1. The van der Waals surface area contributed by atoms with Crippen LogP contribution in [0.15, 0.2) is 42.6 Å². The fourth-order valence-corrected chi connectivity index (χ4v) is 2.37. The predicted molar refractivity (Wildman–Crippen MR) is 91.6 cm³/mol. The molecule has 0 aliphatic rings. The van der Waals surface area contributed by atoms with Gasteiger partial charge in [0, 0.05) is 24.4 Å². The van der Waals surface area contributed by atoms with Crippen molar-refractivity contribution in [2.24, 2.45) is 5.73 Å². The van der Waals surface area contributed by atoms with Crippen LogP contribution in [0.2, 0.25) is 0 Å². The summed E-state index contributed by atoms with van der Waals surface area (Å²) in [4.78, 5) is 28.2. The van der Waals surface area contributed by atoms with E-state index in [1.165, 1.54) is 0 Å². The fraction of sp³-hybridized carbons (Fsp3) is 0.278. The Bertz CT molecular complexity index is 731. The summed E-state index contributed by atoms with van der Waals surface area (Å²) in [5, 5.41) is 2.92. The van der Waals surface area contributed by atoms with Gasteiger partial charge in [0.25, 0.3) is 11.8 Å². The van der Waals surface area contributed by atoms with E-state index in [1.54, 1.807) is 49.7 Å². The molecule has 6 nitrogen and oxygen atoms in total. The smallest absolute Gasteiger partial charge is 0.251 e. The largest absolute Gasteiger partial charge is 0.383 e. The number of nitrogens with one attached hydrogen (secondary N) is 1. The summed E-state index contributed by atoms with van der Waals surface area (Å²) < 4.78 is 5.09. The Morgan fingerprint density at radius 1 is 1.29 bits per heavy atom. The molecule has 0 unspecified atom stereocenters. The number of primary amides is 1. The van der Waals surface area contributed by atoms with Crippen molar-refractivity contribution >= 4 is 11.8 Å². The van der Waals surface area contributed by atoms with Crippen LogP contribution in [-0.4, -0.2) is 36.6 Å². The second-order valence-electron chi connectivity index (χ2n) is 5.38. The molecular formula is C18H21N3O3. The van der Waals surface area contributed by atoms with Gasteiger partial charge in [0.1, 0.15) is 0 Å². The number of hydrogen-bond donors (Lipinski definition) is 2. The van der Waals surface area contributed by atoms with Crippen LogP contribution in [0.3, 0.4) is 0 Å². The van der Waals surface area contributed by atoms with Crippen LogP contribution in [0.1, 0.15) is 34.1 Å². The number of carbonyl (C=O) groups is 2. The molecule has 0 radical (unpaired) electrons. The van der Waals surface area contributed by atoms with E-state index in [0.29, 0.717) is 29.0 Å². The first-order chi connectivity index (χ1) is 11.6. The predicted octanol–water partition coefficient (Wildman–Crippen LogP) is 2.00. The summed E-state index contributed by atoms with van der Waals surface area (Å²) >= 11 is 0. The number of hydrogen-bond acceptors (Lipinski definition) is 4. The highest BCUT2D eigenvalue weighted by Crippen LogP contribution is 2.22. The minimum atomic E-state index is -0.556. The van der Waals surface area contributed by atoms with Gasteiger partial charge in [0.2, 0.25) is 0 Å². The zero-order valence-electron chi connectivity index (χ0n) is 13.8. The lowest BCUT2D eigenvalue weighted by atomic mass is 10.0.